The predicted octanol–water partition coefficient (Wildman–Crippen LogP) is 1.02. The SMILES string of the molecule is COCCN(C(C)C)S(=O)(=O)c1c(N)nc2sccn12. The van der Waals surface area contributed by atoms with Gasteiger partial charge in [-0.1, -0.05) is 0 Å². The Labute approximate surface area is 122 Å². The van der Waals surface area contributed by atoms with Crippen LogP contribution < -0.4 is 5.73 Å². The molecule has 2 N–H and O–H groups in total. The lowest BCUT2D eigenvalue weighted by atomic mass is 10.4. The molecule has 2 aromatic heterocycles. The van der Waals surface area contributed by atoms with Crippen molar-refractivity contribution in [2.45, 2.75) is 24.9 Å². The van der Waals surface area contributed by atoms with E-state index in [1.165, 1.54) is 27.2 Å². The average molecular weight is 318 g/mol. The number of ether oxygens (including phenoxy) is 1. The van der Waals surface area contributed by atoms with Gasteiger partial charge in [0.05, 0.1) is 6.61 Å². The van der Waals surface area contributed by atoms with Crippen LogP contribution >= 0.6 is 11.3 Å². The summed E-state index contributed by atoms with van der Waals surface area (Å²) >= 11 is 1.34. The minimum Gasteiger partial charge on any atom is -0.383 e. The van der Waals surface area contributed by atoms with Crippen molar-refractivity contribution in [2.24, 2.45) is 0 Å². The number of nitrogen functional groups attached to an aromatic ring is 1. The minimum absolute atomic E-state index is 0.0264. The molecule has 0 aliphatic heterocycles. The number of imidazole rings is 1. The van der Waals surface area contributed by atoms with Gasteiger partial charge in [0.1, 0.15) is 0 Å². The summed E-state index contributed by atoms with van der Waals surface area (Å²) < 4.78 is 33.5. The highest BCUT2D eigenvalue weighted by Gasteiger charge is 2.32. The molecule has 0 radical (unpaired) electrons. The van der Waals surface area contributed by atoms with Crippen LogP contribution in [0.5, 0.6) is 0 Å². The second-order valence-corrected chi connectivity index (χ2v) is 7.24. The van der Waals surface area contributed by atoms with E-state index in [2.05, 4.69) is 4.98 Å². The summed E-state index contributed by atoms with van der Waals surface area (Å²) in [5.74, 6) is 0.0277. The summed E-state index contributed by atoms with van der Waals surface area (Å²) in [6.07, 6.45) is 1.66. The van der Waals surface area contributed by atoms with Crippen molar-refractivity contribution in [2.75, 3.05) is 26.0 Å². The van der Waals surface area contributed by atoms with Crippen molar-refractivity contribution in [3.05, 3.63) is 11.6 Å². The van der Waals surface area contributed by atoms with E-state index in [0.29, 0.717) is 11.6 Å². The summed E-state index contributed by atoms with van der Waals surface area (Å²) in [7, 11) is -2.18. The van der Waals surface area contributed by atoms with Gasteiger partial charge in [-0.05, 0) is 13.8 Å². The Morgan fingerprint density at radius 3 is 2.85 bits per heavy atom. The number of fused-ring (bicyclic) bond motifs is 1. The van der Waals surface area contributed by atoms with Crippen molar-refractivity contribution in [1.29, 1.82) is 0 Å². The lowest BCUT2D eigenvalue weighted by Gasteiger charge is -2.25. The molecule has 0 atom stereocenters. The minimum atomic E-state index is -3.72. The Balaban J connectivity index is 2.52. The Bertz CT molecular complexity index is 690. The van der Waals surface area contributed by atoms with Gasteiger partial charge in [-0.25, -0.2) is 13.4 Å². The van der Waals surface area contributed by atoms with Crippen molar-refractivity contribution in [1.82, 2.24) is 13.7 Å². The third kappa shape index (κ3) is 2.53. The van der Waals surface area contributed by atoms with Crippen LogP contribution in [0.2, 0.25) is 0 Å². The normalized spacial score (nSPS) is 12.8. The highest BCUT2D eigenvalue weighted by Crippen LogP contribution is 2.27. The second-order valence-electron chi connectivity index (χ2n) is 4.56. The van der Waals surface area contributed by atoms with Crippen LogP contribution in [-0.4, -0.2) is 48.4 Å². The van der Waals surface area contributed by atoms with Crippen LogP contribution in [0.3, 0.4) is 0 Å². The topological polar surface area (TPSA) is 89.9 Å². The average Bonchev–Trinajstić information content (AvgIpc) is 2.87. The monoisotopic (exact) mass is 318 g/mol. The molecule has 0 unspecified atom stereocenters. The molecule has 2 rings (SSSR count). The van der Waals surface area contributed by atoms with Gasteiger partial charge in [-0.2, -0.15) is 4.31 Å². The van der Waals surface area contributed by atoms with Gasteiger partial charge < -0.3 is 10.5 Å². The number of hydrogen-bond acceptors (Lipinski definition) is 6. The van der Waals surface area contributed by atoms with E-state index >= 15 is 0 Å². The van der Waals surface area contributed by atoms with Crippen LogP contribution in [0.1, 0.15) is 13.8 Å². The fourth-order valence-corrected chi connectivity index (χ4v) is 4.56. The Morgan fingerprint density at radius 1 is 1.55 bits per heavy atom. The smallest absolute Gasteiger partial charge is 0.263 e. The van der Waals surface area contributed by atoms with E-state index < -0.39 is 10.0 Å². The van der Waals surface area contributed by atoms with Gasteiger partial charge in [0.2, 0.25) is 0 Å². The Morgan fingerprint density at radius 2 is 2.25 bits per heavy atom. The molecule has 0 amide bonds. The summed E-state index contributed by atoms with van der Waals surface area (Å²) in [5, 5.41) is 1.80. The molecular weight excluding hydrogens is 300 g/mol. The first-order valence-electron chi connectivity index (χ1n) is 6.11. The molecule has 0 saturated carbocycles. The zero-order valence-electron chi connectivity index (χ0n) is 11.6. The molecule has 0 aromatic carbocycles. The van der Waals surface area contributed by atoms with Crippen molar-refractivity contribution < 1.29 is 13.2 Å². The van der Waals surface area contributed by atoms with Gasteiger partial charge in [-0.3, -0.25) is 4.40 Å². The van der Waals surface area contributed by atoms with Crippen LogP contribution in [0.15, 0.2) is 16.6 Å². The van der Waals surface area contributed by atoms with Crippen molar-refractivity contribution in [3.8, 4) is 0 Å². The van der Waals surface area contributed by atoms with Crippen LogP contribution in [0.4, 0.5) is 5.82 Å². The van der Waals surface area contributed by atoms with Crippen LogP contribution in [0, 0.1) is 0 Å². The molecule has 112 valence electrons. The molecule has 2 aromatic rings. The number of rotatable bonds is 6. The maximum atomic E-state index is 12.8. The van der Waals surface area contributed by atoms with Gasteiger partial charge in [0.15, 0.2) is 15.8 Å². The first-order chi connectivity index (χ1) is 9.39. The number of nitrogens with zero attached hydrogens (tertiary/aromatic N) is 3. The Hall–Kier alpha value is -1.16. The molecule has 0 bridgehead atoms. The second kappa shape index (κ2) is 5.68. The lowest BCUT2D eigenvalue weighted by molar-refractivity contribution is 0.170. The summed E-state index contributed by atoms with van der Waals surface area (Å²) in [6.45, 7) is 4.22. The summed E-state index contributed by atoms with van der Waals surface area (Å²) in [4.78, 5) is 4.65. The summed E-state index contributed by atoms with van der Waals surface area (Å²) in [5.41, 5.74) is 5.79. The van der Waals surface area contributed by atoms with E-state index in [4.69, 9.17) is 10.5 Å². The predicted molar refractivity (Wildman–Crippen MR) is 78.4 cm³/mol. The van der Waals surface area contributed by atoms with Gasteiger partial charge in [0.25, 0.3) is 10.0 Å². The fourth-order valence-electron chi connectivity index (χ4n) is 1.99. The van der Waals surface area contributed by atoms with E-state index in [-0.39, 0.29) is 23.4 Å². The van der Waals surface area contributed by atoms with Gasteiger partial charge in [0, 0.05) is 31.3 Å². The number of methoxy groups -OCH3 is 1. The molecule has 7 nitrogen and oxygen atoms in total. The molecule has 0 aliphatic carbocycles. The van der Waals surface area contributed by atoms with E-state index in [9.17, 15) is 8.42 Å². The third-order valence-corrected chi connectivity index (χ3v) is 5.76. The largest absolute Gasteiger partial charge is 0.383 e. The number of thiazole rings is 1. The molecule has 9 heteroatoms. The zero-order chi connectivity index (χ0) is 14.9. The highest BCUT2D eigenvalue weighted by atomic mass is 32.2. The fraction of sp³-hybridized carbons (Fsp3) is 0.545. The molecular formula is C11H18N4O3S2. The zero-order valence-corrected chi connectivity index (χ0v) is 13.2. The van der Waals surface area contributed by atoms with E-state index in [1.807, 2.05) is 13.8 Å². The van der Waals surface area contributed by atoms with Gasteiger partial charge in [-0.15, -0.1) is 11.3 Å². The van der Waals surface area contributed by atoms with E-state index in [1.54, 1.807) is 11.6 Å². The first kappa shape index (κ1) is 15.2. The molecule has 2 heterocycles. The molecule has 0 aliphatic rings. The van der Waals surface area contributed by atoms with Crippen molar-refractivity contribution in [3.63, 3.8) is 0 Å². The van der Waals surface area contributed by atoms with E-state index in [0.717, 1.165) is 0 Å². The number of aromatic nitrogens is 2. The molecule has 0 spiro atoms. The number of nitrogens with two attached hydrogens (primary N) is 1. The Kier molecular flexibility index (Phi) is 4.33. The van der Waals surface area contributed by atoms with Gasteiger partial charge >= 0.3 is 0 Å². The van der Waals surface area contributed by atoms with Crippen molar-refractivity contribution >= 4 is 32.1 Å². The number of anilines is 1. The first-order valence-corrected chi connectivity index (χ1v) is 8.43. The third-order valence-electron chi connectivity index (χ3n) is 2.89. The standard InChI is InChI=1S/C11H18N4O3S2/c1-8(2)15(4-6-18-3)20(16,17)10-9(12)13-11-14(10)5-7-19-11/h5,7-8H,4,6,12H2,1-3H3. The molecule has 0 saturated heterocycles. The quantitative estimate of drug-likeness (QED) is 0.859. The maximum Gasteiger partial charge on any atom is 0.263 e. The number of sulfonamides is 1. The maximum absolute atomic E-state index is 12.8. The number of hydrogen-bond donors (Lipinski definition) is 1. The molecule has 0 fully saturated rings. The molecule has 20 heavy (non-hydrogen) atoms. The summed E-state index contributed by atoms with van der Waals surface area (Å²) in [6, 6.07) is -0.196. The highest BCUT2D eigenvalue weighted by molar-refractivity contribution is 7.89. The lowest BCUT2D eigenvalue weighted by Crippen LogP contribution is -2.39. The van der Waals surface area contributed by atoms with Crippen LogP contribution in [-0.2, 0) is 14.8 Å². The van der Waals surface area contributed by atoms with Crippen LogP contribution in [0.25, 0.3) is 4.96 Å².